The Bertz CT molecular complexity index is 1230. The molecular formula is C32H50N4O3. The lowest BCUT2D eigenvalue weighted by Crippen LogP contribution is -2.62. The summed E-state index contributed by atoms with van der Waals surface area (Å²) in [5.74, 6) is -0.606. The molecule has 2 aliphatic rings. The summed E-state index contributed by atoms with van der Waals surface area (Å²) < 4.78 is 0. The fourth-order valence-electron chi connectivity index (χ4n) is 5.71. The molecule has 0 saturated carbocycles. The first-order chi connectivity index (χ1) is 18.5. The van der Waals surface area contributed by atoms with E-state index in [0.29, 0.717) is 13.0 Å². The van der Waals surface area contributed by atoms with Gasteiger partial charge in [-0.25, -0.2) is 0 Å². The van der Waals surface area contributed by atoms with Crippen LogP contribution in [0.15, 0.2) is 42.5 Å². The fraction of sp³-hybridized carbons (Fsp3) is 0.531. The van der Waals surface area contributed by atoms with E-state index in [0.717, 1.165) is 36.8 Å². The number of carbonyl (C=O) groups excluding carboxylic acids is 3. The lowest BCUT2D eigenvalue weighted by molar-refractivity contribution is -0.147. The predicted molar refractivity (Wildman–Crippen MR) is 160 cm³/mol. The van der Waals surface area contributed by atoms with Gasteiger partial charge in [0, 0.05) is 17.2 Å². The maximum Gasteiger partial charge on any atom is 0.246 e. The van der Waals surface area contributed by atoms with Crippen LogP contribution in [0.2, 0.25) is 0 Å². The molecule has 0 aromatic heterocycles. The summed E-state index contributed by atoms with van der Waals surface area (Å²) in [6.07, 6.45) is 4.25. The molecular weight excluding hydrogens is 488 g/mol. The Labute approximate surface area is 237 Å². The largest absolute Gasteiger partial charge is 0.347 e. The van der Waals surface area contributed by atoms with Crippen molar-refractivity contribution in [3.63, 3.8) is 0 Å². The number of hydrogen-bond donors (Lipinski definition) is 3. The summed E-state index contributed by atoms with van der Waals surface area (Å²) in [5.41, 5.74) is 5.26. The van der Waals surface area contributed by atoms with Crippen LogP contribution in [0, 0.1) is 5.41 Å². The van der Waals surface area contributed by atoms with Crippen LogP contribution >= 0.6 is 0 Å². The second-order valence-electron chi connectivity index (χ2n) is 12.1. The van der Waals surface area contributed by atoms with Crippen molar-refractivity contribution < 1.29 is 18.7 Å². The number of aryl methyl sites for hydroxylation is 2. The molecule has 1 heterocycles. The lowest BCUT2D eigenvalue weighted by Gasteiger charge is -2.42. The Morgan fingerprint density at radius 2 is 1.82 bits per heavy atom. The minimum absolute atomic E-state index is 0. The summed E-state index contributed by atoms with van der Waals surface area (Å²) in [4.78, 5) is 42.8. The molecule has 0 bridgehead atoms. The van der Waals surface area contributed by atoms with Gasteiger partial charge in [-0.05, 0) is 72.9 Å². The van der Waals surface area contributed by atoms with Gasteiger partial charge in [-0.15, -0.1) is 0 Å². The predicted octanol–water partition coefficient (Wildman–Crippen LogP) is 4.57. The Hall–Kier alpha value is -3.19. The molecule has 7 heteroatoms. The van der Waals surface area contributed by atoms with Gasteiger partial charge in [0.05, 0.1) is 12.1 Å². The van der Waals surface area contributed by atoms with E-state index in [2.05, 4.69) is 53.2 Å². The average Bonchev–Trinajstić information content (AvgIpc) is 2.93. The zero-order valence-corrected chi connectivity index (χ0v) is 24.3. The third-order valence-electron chi connectivity index (χ3n) is 8.31. The summed E-state index contributed by atoms with van der Waals surface area (Å²) >= 11 is 0. The van der Waals surface area contributed by atoms with Gasteiger partial charge in [0.2, 0.25) is 17.7 Å². The minimum Gasteiger partial charge on any atom is -0.347 e. The van der Waals surface area contributed by atoms with E-state index < -0.39 is 23.5 Å². The Morgan fingerprint density at radius 3 is 2.51 bits per heavy atom. The highest BCUT2D eigenvalue weighted by atomic mass is 16.2. The molecule has 0 spiro atoms. The third kappa shape index (κ3) is 6.35. The highest BCUT2D eigenvalue weighted by molar-refractivity contribution is 5.94. The number of carbonyl (C=O) groups is 3. The van der Waals surface area contributed by atoms with Gasteiger partial charge < -0.3 is 20.9 Å². The van der Waals surface area contributed by atoms with Crippen molar-refractivity contribution in [3.05, 3.63) is 70.3 Å². The monoisotopic (exact) mass is 538 g/mol. The van der Waals surface area contributed by atoms with E-state index in [4.69, 9.17) is 0 Å². The number of amides is 3. The molecule has 0 fully saturated rings. The van der Waals surface area contributed by atoms with Crippen molar-refractivity contribution in [2.75, 3.05) is 7.05 Å². The molecule has 3 amide bonds. The van der Waals surface area contributed by atoms with Gasteiger partial charge in [-0.2, -0.15) is 0 Å². The van der Waals surface area contributed by atoms with Crippen molar-refractivity contribution >= 4 is 17.7 Å². The second kappa shape index (κ2) is 11.9. The van der Waals surface area contributed by atoms with Crippen LogP contribution in [0.4, 0.5) is 0 Å². The van der Waals surface area contributed by atoms with Crippen LogP contribution in [0.3, 0.4) is 0 Å². The molecule has 7 nitrogen and oxygen atoms in total. The number of likely N-dealkylation sites (N-methyl/N-ethyl adjacent to an activating group) is 1. The Kier molecular flexibility index (Phi) is 8.80. The lowest BCUT2D eigenvalue weighted by atomic mass is 9.83. The van der Waals surface area contributed by atoms with Gasteiger partial charge in [-0.3, -0.25) is 14.4 Å². The van der Waals surface area contributed by atoms with Crippen LogP contribution in [-0.2, 0) is 40.2 Å². The molecule has 2 aromatic carbocycles. The number of nitrogens with one attached hydrogen (secondary N) is 3. The molecule has 0 saturated heterocycles. The van der Waals surface area contributed by atoms with Crippen molar-refractivity contribution in [1.82, 2.24) is 20.9 Å². The summed E-state index contributed by atoms with van der Waals surface area (Å²) in [7, 11) is 1.72. The molecule has 2 aromatic rings. The SMILES string of the molecule is CCc1ccc2c(c1)CN(C(=O)[C@@H](NC(=O)[C@H](C)NC)C(C)(C)C)[C@H](C(=O)N[C@@H]1CCCc3ccccc31)C2.[HH].[HH].[HH]. The zero-order valence-electron chi connectivity index (χ0n) is 24.3. The molecule has 0 radical (unpaired) electrons. The van der Waals surface area contributed by atoms with Crippen molar-refractivity contribution in [2.45, 2.75) is 97.4 Å². The molecule has 3 N–H and O–H groups in total. The summed E-state index contributed by atoms with van der Waals surface area (Å²) in [6, 6.07) is 12.7. The van der Waals surface area contributed by atoms with E-state index in [1.54, 1.807) is 18.9 Å². The molecule has 39 heavy (non-hydrogen) atoms. The summed E-state index contributed by atoms with van der Waals surface area (Å²) in [6.45, 7) is 10.1. The number of nitrogens with zero attached hydrogens (tertiary/aromatic N) is 1. The van der Waals surface area contributed by atoms with Crippen LogP contribution in [0.5, 0.6) is 0 Å². The maximum atomic E-state index is 14.3. The quantitative estimate of drug-likeness (QED) is 0.482. The topological polar surface area (TPSA) is 90.5 Å². The smallest absolute Gasteiger partial charge is 0.246 e. The number of hydrogen-bond acceptors (Lipinski definition) is 4. The zero-order chi connectivity index (χ0) is 28.3. The third-order valence-corrected chi connectivity index (χ3v) is 8.31. The van der Waals surface area contributed by atoms with Crippen LogP contribution < -0.4 is 16.0 Å². The first-order valence-electron chi connectivity index (χ1n) is 14.3. The van der Waals surface area contributed by atoms with Gasteiger partial charge >= 0.3 is 0 Å². The van der Waals surface area contributed by atoms with Gasteiger partial charge in [0.1, 0.15) is 12.1 Å². The van der Waals surface area contributed by atoms with Gasteiger partial charge in [0.15, 0.2) is 0 Å². The molecule has 1 aliphatic carbocycles. The highest BCUT2D eigenvalue weighted by Gasteiger charge is 2.42. The van der Waals surface area contributed by atoms with E-state index in [9.17, 15) is 14.4 Å². The molecule has 216 valence electrons. The van der Waals surface area contributed by atoms with Crippen LogP contribution in [-0.4, -0.2) is 47.8 Å². The highest BCUT2D eigenvalue weighted by Crippen LogP contribution is 2.32. The molecule has 4 atom stereocenters. The van der Waals surface area contributed by atoms with E-state index in [-0.39, 0.29) is 28.0 Å². The standard InChI is InChI=1S/C32H44N4O3.3H2/c1-7-21-15-16-23-18-27(30(38)34-26-14-10-12-22-11-8-9-13-25(22)26)36(19-24(23)17-21)31(39)28(32(3,4)5)35-29(37)20(2)33-6;;;/h8-9,11,13,15-17,20,26-28,33H,7,10,12,14,18-19H2,1-6H3,(H,34,38)(H,35,37);3*1H/t20-,26+,27-,28+;;;/m0.../s1. The van der Waals surface area contributed by atoms with Crippen molar-refractivity contribution in [3.8, 4) is 0 Å². The minimum atomic E-state index is -0.776. The fourth-order valence-corrected chi connectivity index (χ4v) is 5.71. The number of benzene rings is 2. The van der Waals surface area contributed by atoms with Crippen molar-refractivity contribution in [2.24, 2.45) is 5.41 Å². The van der Waals surface area contributed by atoms with E-state index >= 15 is 0 Å². The van der Waals surface area contributed by atoms with Gasteiger partial charge in [-0.1, -0.05) is 70.2 Å². The molecule has 1 aliphatic heterocycles. The number of rotatable bonds is 7. The normalized spacial score (nSPS) is 20.3. The first-order valence-corrected chi connectivity index (χ1v) is 14.3. The first kappa shape index (κ1) is 28.8. The van der Waals surface area contributed by atoms with Crippen LogP contribution in [0.1, 0.15) is 85.6 Å². The molecule has 4 rings (SSSR count). The van der Waals surface area contributed by atoms with E-state index in [1.165, 1.54) is 16.7 Å². The average molecular weight is 539 g/mol. The van der Waals surface area contributed by atoms with Crippen LogP contribution in [0.25, 0.3) is 0 Å². The molecule has 0 unspecified atom stereocenters. The van der Waals surface area contributed by atoms with E-state index in [1.807, 2.05) is 32.9 Å². The van der Waals surface area contributed by atoms with Crippen molar-refractivity contribution in [1.29, 1.82) is 0 Å². The Balaban J connectivity index is 0.00000294. The number of fused-ring (bicyclic) bond motifs is 2. The Morgan fingerprint density at radius 1 is 1.08 bits per heavy atom. The van der Waals surface area contributed by atoms with Gasteiger partial charge in [0.25, 0.3) is 0 Å². The summed E-state index contributed by atoms with van der Waals surface area (Å²) in [5, 5.41) is 9.22. The maximum absolute atomic E-state index is 14.3. The second-order valence-corrected chi connectivity index (χ2v) is 12.1.